The fourth-order valence-electron chi connectivity index (χ4n) is 2.64. The summed E-state index contributed by atoms with van der Waals surface area (Å²) in [7, 11) is 0. The van der Waals surface area contributed by atoms with Crippen molar-refractivity contribution in [3.8, 4) is 0 Å². The fourth-order valence-corrected chi connectivity index (χ4v) is 2.86. The lowest BCUT2D eigenvalue weighted by Gasteiger charge is -2.29. The maximum atomic E-state index is 6.03. The number of piperidine rings is 1. The molecule has 1 unspecified atom stereocenters. The summed E-state index contributed by atoms with van der Waals surface area (Å²) in [5, 5.41) is 4.33. The molecular formula is C15H24Cl2N2. The summed E-state index contributed by atoms with van der Waals surface area (Å²) in [6.45, 7) is 7.90. The number of benzene rings is 1. The first kappa shape index (κ1) is 16.8. The Morgan fingerprint density at radius 2 is 2.26 bits per heavy atom. The third-order valence-electron chi connectivity index (χ3n) is 3.66. The van der Waals surface area contributed by atoms with Gasteiger partial charge in [-0.25, -0.2) is 0 Å². The average molecular weight is 303 g/mol. The van der Waals surface area contributed by atoms with Crippen molar-refractivity contribution in [2.75, 3.05) is 26.2 Å². The van der Waals surface area contributed by atoms with Gasteiger partial charge >= 0.3 is 0 Å². The van der Waals surface area contributed by atoms with Gasteiger partial charge in [0.2, 0.25) is 0 Å². The van der Waals surface area contributed by atoms with Crippen LogP contribution in [-0.4, -0.2) is 31.1 Å². The monoisotopic (exact) mass is 302 g/mol. The Bertz CT molecular complexity index is 365. The summed E-state index contributed by atoms with van der Waals surface area (Å²) in [6, 6.07) is 8.21. The maximum Gasteiger partial charge on any atom is 0.0409 e. The first-order chi connectivity index (χ1) is 8.78. The standard InChI is InChI=1S/C15H23ClN2.ClH/c1-2-18(12-14-6-4-8-17-10-14)11-13-5-3-7-15(16)9-13;/h3,5,7,9,14,17H,2,4,6,8,10-12H2,1H3;1H. The van der Waals surface area contributed by atoms with Crippen LogP contribution in [0.4, 0.5) is 0 Å². The van der Waals surface area contributed by atoms with E-state index in [1.165, 1.54) is 38.0 Å². The highest BCUT2D eigenvalue weighted by Crippen LogP contribution is 2.16. The number of hydrogen-bond donors (Lipinski definition) is 1. The molecule has 1 saturated heterocycles. The topological polar surface area (TPSA) is 15.3 Å². The highest BCUT2D eigenvalue weighted by molar-refractivity contribution is 6.30. The molecule has 0 bridgehead atoms. The Hall–Kier alpha value is -0.280. The van der Waals surface area contributed by atoms with Gasteiger partial charge in [0.15, 0.2) is 0 Å². The summed E-state index contributed by atoms with van der Waals surface area (Å²) < 4.78 is 0. The van der Waals surface area contributed by atoms with Gasteiger partial charge in [-0.2, -0.15) is 0 Å². The van der Waals surface area contributed by atoms with E-state index in [1.54, 1.807) is 0 Å². The second kappa shape index (κ2) is 8.80. The molecule has 4 heteroatoms. The molecule has 1 N–H and O–H groups in total. The molecule has 0 radical (unpaired) electrons. The third-order valence-corrected chi connectivity index (χ3v) is 3.89. The van der Waals surface area contributed by atoms with Crippen molar-refractivity contribution in [1.82, 2.24) is 10.2 Å². The van der Waals surface area contributed by atoms with Crippen molar-refractivity contribution < 1.29 is 0 Å². The predicted molar refractivity (Wildman–Crippen MR) is 85.2 cm³/mol. The molecule has 1 atom stereocenters. The average Bonchev–Trinajstić information content (AvgIpc) is 2.39. The van der Waals surface area contributed by atoms with Crippen LogP contribution in [0.1, 0.15) is 25.3 Å². The van der Waals surface area contributed by atoms with E-state index in [4.69, 9.17) is 11.6 Å². The normalized spacial score (nSPS) is 19.2. The summed E-state index contributed by atoms with van der Waals surface area (Å²) >= 11 is 6.03. The minimum atomic E-state index is 0. The molecular weight excluding hydrogens is 279 g/mol. The van der Waals surface area contributed by atoms with E-state index in [1.807, 2.05) is 12.1 Å². The van der Waals surface area contributed by atoms with Crippen molar-refractivity contribution >= 4 is 24.0 Å². The van der Waals surface area contributed by atoms with Gasteiger partial charge in [-0.3, -0.25) is 4.90 Å². The van der Waals surface area contributed by atoms with E-state index in [0.717, 1.165) is 24.0 Å². The highest BCUT2D eigenvalue weighted by atomic mass is 35.5. The smallest absolute Gasteiger partial charge is 0.0409 e. The van der Waals surface area contributed by atoms with Crippen molar-refractivity contribution in [3.05, 3.63) is 34.9 Å². The Morgan fingerprint density at radius 1 is 1.42 bits per heavy atom. The number of hydrogen-bond acceptors (Lipinski definition) is 2. The van der Waals surface area contributed by atoms with Crippen molar-refractivity contribution in [1.29, 1.82) is 0 Å². The Balaban J connectivity index is 0.00000180. The third kappa shape index (κ3) is 5.70. The summed E-state index contributed by atoms with van der Waals surface area (Å²) in [6.07, 6.45) is 2.68. The highest BCUT2D eigenvalue weighted by Gasteiger charge is 2.16. The molecule has 1 heterocycles. The molecule has 2 nitrogen and oxygen atoms in total. The fraction of sp³-hybridized carbons (Fsp3) is 0.600. The second-order valence-electron chi connectivity index (χ2n) is 5.17. The molecule has 0 spiro atoms. The Labute approximate surface area is 127 Å². The van der Waals surface area contributed by atoms with Gasteiger partial charge in [-0.15, -0.1) is 12.4 Å². The summed E-state index contributed by atoms with van der Waals surface area (Å²) in [4.78, 5) is 2.52. The quantitative estimate of drug-likeness (QED) is 0.894. The van der Waals surface area contributed by atoms with E-state index >= 15 is 0 Å². The number of nitrogens with zero attached hydrogens (tertiary/aromatic N) is 1. The summed E-state index contributed by atoms with van der Waals surface area (Å²) in [5.41, 5.74) is 1.31. The molecule has 1 aromatic rings. The van der Waals surface area contributed by atoms with Crippen molar-refractivity contribution in [2.24, 2.45) is 5.92 Å². The molecule has 1 fully saturated rings. The lowest BCUT2D eigenvalue weighted by Crippen LogP contribution is -2.38. The van der Waals surface area contributed by atoms with Crippen LogP contribution in [0.3, 0.4) is 0 Å². The first-order valence-corrected chi connectivity index (χ1v) is 7.33. The van der Waals surface area contributed by atoms with Crippen LogP contribution < -0.4 is 5.32 Å². The van der Waals surface area contributed by atoms with E-state index < -0.39 is 0 Å². The maximum absolute atomic E-state index is 6.03. The number of nitrogens with one attached hydrogen (secondary N) is 1. The second-order valence-corrected chi connectivity index (χ2v) is 5.61. The zero-order chi connectivity index (χ0) is 12.8. The lowest BCUT2D eigenvalue weighted by atomic mass is 9.99. The van der Waals surface area contributed by atoms with Crippen LogP contribution in [0.25, 0.3) is 0 Å². The van der Waals surface area contributed by atoms with E-state index in [-0.39, 0.29) is 12.4 Å². The van der Waals surface area contributed by atoms with Crippen LogP contribution in [-0.2, 0) is 6.54 Å². The summed E-state index contributed by atoms with van der Waals surface area (Å²) in [5.74, 6) is 0.804. The van der Waals surface area contributed by atoms with Gasteiger partial charge in [0.1, 0.15) is 0 Å². The van der Waals surface area contributed by atoms with Crippen LogP contribution in [0, 0.1) is 5.92 Å². The molecule has 0 saturated carbocycles. The van der Waals surface area contributed by atoms with Crippen LogP contribution in [0.5, 0.6) is 0 Å². The van der Waals surface area contributed by atoms with Crippen LogP contribution in [0.15, 0.2) is 24.3 Å². The van der Waals surface area contributed by atoms with Crippen molar-refractivity contribution in [3.63, 3.8) is 0 Å². The molecule has 108 valence electrons. The van der Waals surface area contributed by atoms with Gasteiger partial charge in [-0.1, -0.05) is 30.7 Å². The molecule has 2 rings (SSSR count). The molecule has 1 aliphatic rings. The van der Waals surface area contributed by atoms with Gasteiger partial charge < -0.3 is 5.32 Å². The first-order valence-electron chi connectivity index (χ1n) is 6.95. The number of halogens is 2. The Morgan fingerprint density at radius 3 is 2.89 bits per heavy atom. The van der Waals surface area contributed by atoms with Crippen LogP contribution >= 0.6 is 24.0 Å². The van der Waals surface area contributed by atoms with Gasteiger partial charge in [0, 0.05) is 18.1 Å². The van der Waals surface area contributed by atoms with Crippen LogP contribution in [0.2, 0.25) is 5.02 Å². The lowest BCUT2D eigenvalue weighted by molar-refractivity contribution is 0.209. The van der Waals surface area contributed by atoms with E-state index in [2.05, 4.69) is 29.3 Å². The minimum Gasteiger partial charge on any atom is -0.316 e. The minimum absolute atomic E-state index is 0. The molecule has 1 aromatic carbocycles. The van der Waals surface area contributed by atoms with Gasteiger partial charge in [0.05, 0.1) is 0 Å². The largest absolute Gasteiger partial charge is 0.316 e. The van der Waals surface area contributed by atoms with Gasteiger partial charge in [0.25, 0.3) is 0 Å². The molecule has 19 heavy (non-hydrogen) atoms. The van der Waals surface area contributed by atoms with Crippen molar-refractivity contribution in [2.45, 2.75) is 26.3 Å². The number of rotatable bonds is 5. The SMILES string of the molecule is CCN(Cc1cccc(Cl)c1)CC1CCCNC1.Cl. The molecule has 0 amide bonds. The molecule has 0 aliphatic carbocycles. The molecule has 1 aliphatic heterocycles. The Kier molecular flexibility index (Phi) is 7.77. The molecule has 0 aromatic heterocycles. The predicted octanol–water partition coefficient (Wildman–Crippen LogP) is 3.58. The zero-order valence-electron chi connectivity index (χ0n) is 11.6. The van der Waals surface area contributed by atoms with E-state index in [9.17, 15) is 0 Å². The zero-order valence-corrected chi connectivity index (χ0v) is 13.1. The van der Waals surface area contributed by atoms with E-state index in [0.29, 0.717) is 0 Å². The van der Waals surface area contributed by atoms with Gasteiger partial charge in [-0.05, 0) is 56.1 Å².